The van der Waals surface area contributed by atoms with E-state index in [9.17, 15) is 4.79 Å². The lowest BCUT2D eigenvalue weighted by Gasteiger charge is -2.17. The number of nitrogens with two attached hydrogens (primary N) is 1. The number of ether oxygens (including phenoxy) is 1. The van der Waals surface area contributed by atoms with Crippen LogP contribution in [0.4, 0.5) is 5.82 Å². The summed E-state index contributed by atoms with van der Waals surface area (Å²) in [4.78, 5) is 13.2. The quantitative estimate of drug-likeness (QED) is 0.419. The van der Waals surface area contributed by atoms with Gasteiger partial charge in [-0.25, -0.2) is 10.1 Å². The molecule has 1 aliphatic rings. The van der Waals surface area contributed by atoms with Crippen molar-refractivity contribution in [2.24, 2.45) is 5.10 Å². The second-order valence-corrected chi connectivity index (χ2v) is 7.64. The number of hydrogen-bond donors (Lipinski definition) is 2. The molecule has 0 saturated heterocycles. The summed E-state index contributed by atoms with van der Waals surface area (Å²) in [6.45, 7) is 2.44. The van der Waals surface area contributed by atoms with Gasteiger partial charge in [-0.15, -0.1) is 5.10 Å². The fraction of sp³-hybridized carbons (Fsp3) is 0.217. The van der Waals surface area contributed by atoms with Crippen LogP contribution in [0.25, 0.3) is 17.1 Å². The molecule has 0 fully saturated rings. The van der Waals surface area contributed by atoms with Gasteiger partial charge in [0.05, 0.1) is 12.3 Å². The van der Waals surface area contributed by atoms with Gasteiger partial charge in [0.25, 0.3) is 5.91 Å². The topological polar surface area (TPSA) is 146 Å². The van der Waals surface area contributed by atoms with Crippen molar-refractivity contribution in [3.63, 3.8) is 0 Å². The summed E-state index contributed by atoms with van der Waals surface area (Å²) in [7, 11) is 0. The first-order valence-corrected chi connectivity index (χ1v) is 10.9. The third-order valence-corrected chi connectivity index (χ3v) is 5.50. The number of anilines is 1. The summed E-state index contributed by atoms with van der Waals surface area (Å²) in [6, 6.07) is 15.2. The van der Waals surface area contributed by atoms with E-state index in [1.165, 1.54) is 10.2 Å². The third kappa shape index (κ3) is 3.98. The van der Waals surface area contributed by atoms with E-state index in [0.717, 1.165) is 30.5 Å². The number of hydrazone groups is 1. The van der Waals surface area contributed by atoms with Crippen molar-refractivity contribution in [1.82, 2.24) is 30.7 Å². The maximum atomic E-state index is 13.2. The molecular formula is C23H22N8O3. The monoisotopic (exact) mass is 458 g/mol. The van der Waals surface area contributed by atoms with Gasteiger partial charge in [0.2, 0.25) is 11.6 Å². The van der Waals surface area contributed by atoms with Crippen molar-refractivity contribution >= 4 is 17.4 Å². The Labute approximate surface area is 194 Å². The Balaban J connectivity index is 1.51. The first-order chi connectivity index (χ1) is 16.7. The van der Waals surface area contributed by atoms with Gasteiger partial charge in [0.15, 0.2) is 5.69 Å². The molecule has 34 heavy (non-hydrogen) atoms. The third-order valence-electron chi connectivity index (χ3n) is 5.50. The molecule has 1 aliphatic carbocycles. The molecule has 0 unspecified atom stereocenters. The maximum absolute atomic E-state index is 13.2. The average Bonchev–Trinajstić information content (AvgIpc) is 3.49. The molecular weight excluding hydrogens is 436 g/mol. The Morgan fingerprint density at radius 2 is 2.00 bits per heavy atom. The van der Waals surface area contributed by atoms with Crippen molar-refractivity contribution in [1.29, 1.82) is 0 Å². The van der Waals surface area contributed by atoms with Gasteiger partial charge in [-0.3, -0.25) is 4.79 Å². The van der Waals surface area contributed by atoms with E-state index in [4.69, 9.17) is 15.1 Å². The highest BCUT2D eigenvalue weighted by atomic mass is 16.6. The van der Waals surface area contributed by atoms with E-state index < -0.39 is 5.91 Å². The van der Waals surface area contributed by atoms with E-state index in [2.05, 4.69) is 37.2 Å². The van der Waals surface area contributed by atoms with E-state index >= 15 is 0 Å². The summed E-state index contributed by atoms with van der Waals surface area (Å²) in [5, 5.41) is 20.0. The number of fused-ring (bicyclic) bond motifs is 1. The van der Waals surface area contributed by atoms with Crippen LogP contribution in [0.15, 0.2) is 58.3 Å². The number of hydrogen-bond acceptors (Lipinski definition) is 9. The number of carbonyl (C=O) groups is 1. The molecule has 5 rings (SSSR count). The highest BCUT2D eigenvalue weighted by Crippen LogP contribution is 2.28. The Hall–Kier alpha value is -4.54. The smallest absolute Gasteiger partial charge is 0.294 e. The molecule has 2 aromatic heterocycles. The number of nitrogens with zero attached hydrogens (tertiary/aromatic N) is 6. The standard InChI is InChI=1S/C23H22N8O3/c1-2-33-16-12-10-15(11-13-16)20-19(26-30-31(20)22-21(24)28-34-29-22)23(32)27-25-18-9-5-7-14-6-3-4-8-17(14)18/h3-4,6,8,10-13H,2,5,7,9H2,1H3,(H2,24,28)(H,27,32). The minimum absolute atomic E-state index is 0.0168. The zero-order valence-electron chi connectivity index (χ0n) is 18.4. The first kappa shape index (κ1) is 21.3. The van der Waals surface area contributed by atoms with Crippen LogP contribution in [0, 0.1) is 0 Å². The second-order valence-electron chi connectivity index (χ2n) is 7.64. The van der Waals surface area contributed by atoms with Crippen molar-refractivity contribution < 1.29 is 14.2 Å². The van der Waals surface area contributed by atoms with E-state index in [0.29, 0.717) is 23.6 Å². The van der Waals surface area contributed by atoms with Gasteiger partial charge < -0.3 is 10.5 Å². The lowest BCUT2D eigenvalue weighted by atomic mass is 9.90. The van der Waals surface area contributed by atoms with Crippen molar-refractivity contribution in [3.8, 4) is 22.8 Å². The molecule has 0 aliphatic heterocycles. The summed E-state index contributed by atoms with van der Waals surface area (Å²) in [6.07, 6.45) is 2.74. The highest BCUT2D eigenvalue weighted by Gasteiger charge is 2.25. The van der Waals surface area contributed by atoms with Crippen molar-refractivity contribution in [2.45, 2.75) is 26.2 Å². The van der Waals surface area contributed by atoms with Gasteiger partial charge in [-0.05, 0) is 66.3 Å². The predicted molar refractivity (Wildman–Crippen MR) is 124 cm³/mol. The normalized spacial score (nSPS) is 14.1. The molecule has 0 atom stereocenters. The number of rotatable bonds is 6. The van der Waals surface area contributed by atoms with E-state index in [1.807, 2.05) is 25.1 Å². The van der Waals surface area contributed by atoms with Crippen molar-refractivity contribution in [3.05, 3.63) is 65.4 Å². The molecule has 4 aromatic rings. The Morgan fingerprint density at radius 1 is 1.18 bits per heavy atom. The number of nitrogen functional groups attached to an aromatic ring is 1. The minimum Gasteiger partial charge on any atom is -0.494 e. The van der Waals surface area contributed by atoms with Crippen LogP contribution in [-0.2, 0) is 6.42 Å². The van der Waals surface area contributed by atoms with Gasteiger partial charge in [-0.1, -0.05) is 29.5 Å². The van der Waals surface area contributed by atoms with Gasteiger partial charge in [-0.2, -0.15) is 9.78 Å². The largest absolute Gasteiger partial charge is 0.494 e. The number of benzene rings is 2. The SMILES string of the molecule is CCOc1ccc(-c2c(C(=O)NN=C3CCCc4ccccc43)nnn2-c2nonc2N)cc1. The highest BCUT2D eigenvalue weighted by molar-refractivity contribution is 6.04. The molecule has 11 heteroatoms. The van der Waals surface area contributed by atoms with Crippen LogP contribution in [0.3, 0.4) is 0 Å². The molecule has 0 saturated carbocycles. The molecule has 172 valence electrons. The molecule has 11 nitrogen and oxygen atoms in total. The molecule has 3 N–H and O–H groups in total. The molecule has 0 spiro atoms. The lowest BCUT2D eigenvalue weighted by Crippen LogP contribution is -2.23. The molecule has 0 radical (unpaired) electrons. The van der Waals surface area contributed by atoms with Crippen LogP contribution in [0.5, 0.6) is 5.75 Å². The van der Waals surface area contributed by atoms with Crippen LogP contribution in [-0.4, -0.2) is 43.5 Å². The Bertz CT molecular complexity index is 1360. The summed E-state index contributed by atoms with van der Waals surface area (Å²) in [5.74, 6) is 0.327. The fourth-order valence-corrected chi connectivity index (χ4v) is 3.94. The second kappa shape index (κ2) is 9.14. The number of carbonyl (C=O) groups excluding carboxylic acids is 1. The van der Waals surface area contributed by atoms with Gasteiger partial charge in [0.1, 0.15) is 11.4 Å². The van der Waals surface area contributed by atoms with Crippen LogP contribution < -0.4 is 15.9 Å². The van der Waals surface area contributed by atoms with Crippen molar-refractivity contribution in [2.75, 3.05) is 12.3 Å². The molecule has 1 amide bonds. The first-order valence-electron chi connectivity index (χ1n) is 10.9. The van der Waals surface area contributed by atoms with Crippen LogP contribution in [0.1, 0.15) is 41.4 Å². The Kier molecular flexibility index (Phi) is 5.73. The molecule has 2 heterocycles. The molecule has 2 aromatic carbocycles. The number of aryl methyl sites for hydroxylation is 1. The zero-order valence-corrected chi connectivity index (χ0v) is 18.4. The van der Waals surface area contributed by atoms with E-state index in [-0.39, 0.29) is 17.3 Å². The number of nitrogens with one attached hydrogen (secondary N) is 1. The van der Waals surface area contributed by atoms with Gasteiger partial charge >= 0.3 is 0 Å². The van der Waals surface area contributed by atoms with Gasteiger partial charge in [0, 0.05) is 11.1 Å². The van der Waals surface area contributed by atoms with Crippen LogP contribution in [0.2, 0.25) is 0 Å². The Morgan fingerprint density at radius 3 is 2.76 bits per heavy atom. The van der Waals surface area contributed by atoms with Crippen LogP contribution >= 0.6 is 0 Å². The maximum Gasteiger partial charge on any atom is 0.294 e. The summed E-state index contributed by atoms with van der Waals surface area (Å²) >= 11 is 0. The average molecular weight is 458 g/mol. The fourth-order valence-electron chi connectivity index (χ4n) is 3.94. The number of amides is 1. The van der Waals surface area contributed by atoms with E-state index in [1.54, 1.807) is 24.3 Å². The predicted octanol–water partition coefficient (Wildman–Crippen LogP) is 2.77. The summed E-state index contributed by atoms with van der Waals surface area (Å²) < 4.78 is 11.6. The lowest BCUT2D eigenvalue weighted by molar-refractivity contribution is 0.0950. The number of aromatic nitrogens is 5. The molecule has 0 bridgehead atoms. The summed E-state index contributed by atoms with van der Waals surface area (Å²) in [5.41, 5.74) is 12.7. The zero-order chi connectivity index (χ0) is 23.5. The minimum atomic E-state index is -0.513.